The normalized spacial score (nSPS) is 12.7. The molecule has 6 heteroatoms. The third-order valence-corrected chi connectivity index (χ3v) is 4.26. The Bertz CT molecular complexity index is 596. The molecule has 2 aromatic rings. The Morgan fingerprint density at radius 1 is 1.09 bits per heavy atom. The van der Waals surface area contributed by atoms with E-state index in [-0.39, 0.29) is 12.6 Å². The zero-order valence-electron chi connectivity index (χ0n) is 14.6. The molecule has 0 amide bonds. The molecule has 0 aliphatic carbocycles. The molecule has 0 fully saturated rings. The Hall–Kier alpha value is -1.69. The van der Waals surface area contributed by atoms with Crippen LogP contribution in [0.2, 0.25) is 0 Å². The van der Waals surface area contributed by atoms with Crippen molar-refractivity contribution in [2.24, 2.45) is 0 Å². The van der Waals surface area contributed by atoms with Crippen molar-refractivity contribution in [3.05, 3.63) is 12.7 Å². The van der Waals surface area contributed by atoms with E-state index in [2.05, 4.69) is 26.4 Å². The van der Waals surface area contributed by atoms with Crippen LogP contribution in [0.1, 0.15) is 57.9 Å². The molecule has 0 spiro atoms. The number of unbranched alkanes of at least 4 members (excludes halogenated alkanes) is 4. The summed E-state index contributed by atoms with van der Waals surface area (Å²) in [5.74, 6) is 0.833. The zero-order chi connectivity index (χ0) is 16.7. The molecule has 2 rings (SSSR count). The van der Waals surface area contributed by atoms with Gasteiger partial charge in [-0.2, -0.15) is 0 Å². The van der Waals surface area contributed by atoms with Crippen LogP contribution >= 0.6 is 0 Å². The number of imidazole rings is 1. The Labute approximate surface area is 138 Å². The maximum Gasteiger partial charge on any atom is 0.165 e. The average molecular weight is 319 g/mol. The van der Waals surface area contributed by atoms with Crippen molar-refractivity contribution in [1.82, 2.24) is 19.5 Å². The fourth-order valence-corrected chi connectivity index (χ4v) is 2.99. The first-order chi connectivity index (χ1) is 11.2. The van der Waals surface area contributed by atoms with Crippen LogP contribution in [0.25, 0.3) is 11.2 Å². The summed E-state index contributed by atoms with van der Waals surface area (Å²) in [6.07, 6.45) is 11.5. The van der Waals surface area contributed by atoms with Crippen LogP contribution in [0.4, 0.5) is 5.82 Å². The van der Waals surface area contributed by atoms with E-state index in [1.807, 2.05) is 25.3 Å². The van der Waals surface area contributed by atoms with Crippen molar-refractivity contribution >= 4 is 17.0 Å². The van der Waals surface area contributed by atoms with Crippen molar-refractivity contribution in [2.75, 3.05) is 25.6 Å². The molecule has 1 atom stereocenters. The van der Waals surface area contributed by atoms with Gasteiger partial charge in [-0.15, -0.1) is 0 Å². The number of nitrogens with zero attached hydrogens (tertiary/aromatic N) is 5. The van der Waals surface area contributed by atoms with Crippen LogP contribution in [-0.2, 0) is 0 Å². The number of anilines is 1. The number of aliphatic hydroxyl groups is 1. The number of aliphatic hydroxyl groups excluding tert-OH is 1. The molecular formula is C17H29N5O. The summed E-state index contributed by atoms with van der Waals surface area (Å²) in [7, 11) is 3.92. The van der Waals surface area contributed by atoms with Gasteiger partial charge in [-0.3, -0.25) is 0 Å². The summed E-state index contributed by atoms with van der Waals surface area (Å²) in [5, 5.41) is 9.42. The summed E-state index contributed by atoms with van der Waals surface area (Å²) in [5.41, 5.74) is 1.68. The van der Waals surface area contributed by atoms with Crippen molar-refractivity contribution < 1.29 is 5.11 Å². The van der Waals surface area contributed by atoms with E-state index in [4.69, 9.17) is 0 Å². The van der Waals surface area contributed by atoms with Gasteiger partial charge in [0.05, 0.1) is 6.33 Å². The third-order valence-electron chi connectivity index (χ3n) is 4.26. The smallest absolute Gasteiger partial charge is 0.165 e. The molecule has 128 valence electrons. The minimum absolute atomic E-state index is 0.185. The highest BCUT2D eigenvalue weighted by molar-refractivity contribution is 5.83. The van der Waals surface area contributed by atoms with E-state index in [1.54, 1.807) is 6.33 Å². The van der Waals surface area contributed by atoms with E-state index in [0.29, 0.717) is 0 Å². The van der Waals surface area contributed by atoms with Gasteiger partial charge in [0.25, 0.3) is 0 Å². The lowest BCUT2D eigenvalue weighted by Crippen LogP contribution is -2.13. The van der Waals surface area contributed by atoms with Crippen LogP contribution in [0.3, 0.4) is 0 Å². The fourth-order valence-electron chi connectivity index (χ4n) is 2.99. The molecule has 0 aromatic carbocycles. The minimum Gasteiger partial charge on any atom is -0.396 e. The molecule has 0 saturated heterocycles. The minimum atomic E-state index is 0.185. The molecule has 0 bridgehead atoms. The van der Waals surface area contributed by atoms with E-state index in [0.717, 1.165) is 29.8 Å². The molecule has 0 radical (unpaired) electrons. The first kappa shape index (κ1) is 17.7. The first-order valence-corrected chi connectivity index (χ1v) is 8.64. The quantitative estimate of drug-likeness (QED) is 0.681. The summed E-state index contributed by atoms with van der Waals surface area (Å²) in [6, 6.07) is 0.247. The molecule has 1 N–H and O–H groups in total. The number of hydrogen-bond donors (Lipinski definition) is 1. The highest BCUT2D eigenvalue weighted by Gasteiger charge is 2.17. The SMILES string of the molecule is CCCCCCCC(CCO)n1cnc2c(N(C)C)ncnc21. The number of aromatic nitrogens is 4. The van der Waals surface area contributed by atoms with Crippen molar-refractivity contribution in [3.8, 4) is 0 Å². The predicted molar refractivity (Wildman–Crippen MR) is 93.8 cm³/mol. The largest absolute Gasteiger partial charge is 0.396 e. The van der Waals surface area contributed by atoms with Gasteiger partial charge in [-0.1, -0.05) is 39.0 Å². The summed E-state index contributed by atoms with van der Waals surface area (Å²) in [4.78, 5) is 15.2. The third kappa shape index (κ3) is 4.41. The average Bonchev–Trinajstić information content (AvgIpc) is 2.97. The topological polar surface area (TPSA) is 67.1 Å². The summed E-state index contributed by atoms with van der Waals surface area (Å²) < 4.78 is 2.11. The Balaban J connectivity index is 2.15. The second-order valence-electron chi connectivity index (χ2n) is 6.28. The van der Waals surface area contributed by atoms with E-state index in [9.17, 15) is 5.11 Å². The Morgan fingerprint density at radius 3 is 2.57 bits per heavy atom. The Morgan fingerprint density at radius 2 is 1.87 bits per heavy atom. The molecule has 6 nitrogen and oxygen atoms in total. The molecule has 23 heavy (non-hydrogen) atoms. The van der Waals surface area contributed by atoms with Crippen LogP contribution in [0, 0.1) is 0 Å². The van der Waals surface area contributed by atoms with Crippen molar-refractivity contribution in [1.29, 1.82) is 0 Å². The maximum atomic E-state index is 9.42. The molecular weight excluding hydrogens is 290 g/mol. The van der Waals surface area contributed by atoms with Crippen molar-refractivity contribution in [3.63, 3.8) is 0 Å². The maximum absolute atomic E-state index is 9.42. The van der Waals surface area contributed by atoms with E-state index >= 15 is 0 Å². The molecule has 0 saturated carbocycles. The predicted octanol–water partition coefficient (Wildman–Crippen LogP) is 3.18. The van der Waals surface area contributed by atoms with Crippen LogP contribution in [-0.4, -0.2) is 45.3 Å². The lowest BCUT2D eigenvalue weighted by molar-refractivity contribution is 0.251. The number of fused-ring (bicyclic) bond motifs is 1. The summed E-state index contributed by atoms with van der Waals surface area (Å²) in [6.45, 7) is 2.42. The van der Waals surface area contributed by atoms with Gasteiger partial charge < -0.3 is 14.6 Å². The second kappa shape index (κ2) is 8.82. The Kier molecular flexibility index (Phi) is 6.77. The van der Waals surface area contributed by atoms with Crippen LogP contribution in [0.5, 0.6) is 0 Å². The second-order valence-corrected chi connectivity index (χ2v) is 6.28. The molecule has 0 aliphatic heterocycles. The summed E-state index contributed by atoms with van der Waals surface area (Å²) >= 11 is 0. The van der Waals surface area contributed by atoms with Crippen LogP contribution < -0.4 is 4.90 Å². The van der Waals surface area contributed by atoms with Gasteiger partial charge in [0, 0.05) is 26.7 Å². The number of hydrogen-bond acceptors (Lipinski definition) is 5. The highest BCUT2D eigenvalue weighted by atomic mass is 16.3. The number of rotatable bonds is 10. The lowest BCUT2D eigenvalue weighted by Gasteiger charge is -2.18. The first-order valence-electron chi connectivity index (χ1n) is 8.64. The highest BCUT2D eigenvalue weighted by Crippen LogP contribution is 2.26. The van der Waals surface area contributed by atoms with Gasteiger partial charge in [0.1, 0.15) is 6.33 Å². The van der Waals surface area contributed by atoms with E-state index in [1.165, 1.54) is 32.1 Å². The molecule has 2 aromatic heterocycles. The molecule has 2 heterocycles. The lowest BCUT2D eigenvalue weighted by atomic mass is 10.0. The van der Waals surface area contributed by atoms with Crippen LogP contribution in [0.15, 0.2) is 12.7 Å². The fraction of sp³-hybridized carbons (Fsp3) is 0.706. The van der Waals surface area contributed by atoms with Gasteiger partial charge in [0.15, 0.2) is 17.0 Å². The van der Waals surface area contributed by atoms with Crippen molar-refractivity contribution in [2.45, 2.75) is 57.9 Å². The van der Waals surface area contributed by atoms with Gasteiger partial charge in [-0.25, -0.2) is 15.0 Å². The van der Waals surface area contributed by atoms with E-state index < -0.39 is 0 Å². The monoisotopic (exact) mass is 319 g/mol. The molecule has 1 unspecified atom stereocenters. The van der Waals surface area contributed by atoms with Gasteiger partial charge in [-0.05, 0) is 12.8 Å². The standard InChI is InChI=1S/C17H29N5O/c1-4-5-6-7-8-9-14(10-11-23)22-13-20-15-16(21(2)3)18-12-19-17(15)22/h12-14,23H,4-11H2,1-3H3. The van der Waals surface area contributed by atoms with Gasteiger partial charge >= 0.3 is 0 Å². The molecule has 0 aliphatic rings. The van der Waals surface area contributed by atoms with Gasteiger partial charge in [0.2, 0.25) is 0 Å². The zero-order valence-corrected chi connectivity index (χ0v) is 14.6.